The topological polar surface area (TPSA) is 96.3 Å². The molecule has 5 rings (SSSR count). The molecule has 0 radical (unpaired) electrons. The number of aromatic nitrogens is 2. The molecule has 37 heavy (non-hydrogen) atoms. The maximum absolute atomic E-state index is 13.8. The third kappa shape index (κ3) is 4.50. The lowest BCUT2D eigenvalue weighted by molar-refractivity contribution is -0.133. The zero-order valence-electron chi connectivity index (χ0n) is 21.4. The fraction of sp³-hybridized carbons (Fsp3) is 0.357. The number of halogens is 1. The number of rotatable bonds is 6. The fourth-order valence-electron chi connectivity index (χ4n) is 5.25. The molecular weight excluding hydrogens is 473 g/mol. The first-order valence-electron chi connectivity index (χ1n) is 12.4. The molecule has 8 nitrogen and oxygen atoms in total. The van der Waals surface area contributed by atoms with Gasteiger partial charge in [0.05, 0.1) is 12.9 Å². The number of hydrogen-bond donors (Lipinski definition) is 2. The van der Waals surface area contributed by atoms with Crippen molar-refractivity contribution in [1.82, 2.24) is 19.8 Å². The number of hydrogen-bond acceptors (Lipinski definition) is 4. The van der Waals surface area contributed by atoms with E-state index in [2.05, 4.69) is 15.6 Å². The van der Waals surface area contributed by atoms with E-state index in [0.29, 0.717) is 5.69 Å². The molecule has 2 aromatic carbocycles. The maximum atomic E-state index is 13.8. The van der Waals surface area contributed by atoms with Gasteiger partial charge in [-0.3, -0.25) is 14.4 Å². The second-order valence-corrected chi connectivity index (χ2v) is 10.3. The predicted octanol–water partition coefficient (Wildman–Crippen LogP) is 3.89. The molecule has 1 aliphatic carbocycles. The number of amides is 3. The molecule has 1 aromatic heterocycles. The van der Waals surface area contributed by atoms with Crippen molar-refractivity contribution >= 4 is 23.4 Å². The SMILES string of the molecule is Cc1cc(C)c(NC(=O)c2ncn3c2C(=O)N(C2CC2)C(C)(C(=O)NCc2ccc(F)cc2)C3)c(C)c1. The molecule has 1 aliphatic heterocycles. The van der Waals surface area contributed by atoms with Gasteiger partial charge in [0.15, 0.2) is 5.69 Å². The number of carbonyl (C=O) groups excluding carboxylic acids is 3. The highest BCUT2D eigenvalue weighted by molar-refractivity contribution is 6.12. The Bertz CT molecular complexity index is 1390. The van der Waals surface area contributed by atoms with Crippen LogP contribution in [0.3, 0.4) is 0 Å². The van der Waals surface area contributed by atoms with E-state index in [-0.39, 0.29) is 48.2 Å². The largest absolute Gasteiger partial charge is 0.350 e. The summed E-state index contributed by atoms with van der Waals surface area (Å²) < 4.78 is 14.8. The molecule has 192 valence electrons. The van der Waals surface area contributed by atoms with E-state index < -0.39 is 11.4 Å². The van der Waals surface area contributed by atoms with Gasteiger partial charge in [0.1, 0.15) is 17.1 Å². The summed E-state index contributed by atoms with van der Waals surface area (Å²) in [5, 5.41) is 5.84. The smallest absolute Gasteiger partial charge is 0.276 e. The molecule has 2 heterocycles. The standard InChI is InChI=1S/C28H30FN5O3/c1-16-11-17(2)22(18(3)12-16)32-25(35)23-24-26(36)34(21-9-10-21)28(4,14-33(24)15-31-23)27(37)30-13-19-5-7-20(29)8-6-19/h5-8,11-12,15,21H,9-10,13-14H2,1-4H3,(H,30,37)(H,32,35). The minimum absolute atomic E-state index is 0.0452. The number of benzene rings is 2. The first-order chi connectivity index (χ1) is 17.6. The van der Waals surface area contributed by atoms with E-state index in [4.69, 9.17) is 0 Å². The quantitative estimate of drug-likeness (QED) is 0.533. The molecule has 1 atom stereocenters. The number of fused-ring (bicyclic) bond motifs is 1. The van der Waals surface area contributed by atoms with Gasteiger partial charge in [-0.2, -0.15) is 0 Å². The van der Waals surface area contributed by atoms with E-state index in [9.17, 15) is 18.8 Å². The Morgan fingerprint density at radius 1 is 1.11 bits per heavy atom. The van der Waals surface area contributed by atoms with Crippen LogP contribution in [0.25, 0.3) is 0 Å². The maximum Gasteiger partial charge on any atom is 0.276 e. The Labute approximate surface area is 214 Å². The Hall–Kier alpha value is -4.01. The third-order valence-corrected chi connectivity index (χ3v) is 7.17. The fourth-order valence-corrected chi connectivity index (χ4v) is 5.25. The normalized spacial score (nSPS) is 18.9. The van der Waals surface area contributed by atoms with Crippen molar-refractivity contribution in [1.29, 1.82) is 0 Å². The van der Waals surface area contributed by atoms with Crippen LogP contribution in [0.2, 0.25) is 0 Å². The van der Waals surface area contributed by atoms with Gasteiger partial charge in [0.2, 0.25) is 5.91 Å². The molecule has 3 amide bonds. The van der Waals surface area contributed by atoms with Gasteiger partial charge in [0.25, 0.3) is 11.8 Å². The van der Waals surface area contributed by atoms with Gasteiger partial charge in [0, 0.05) is 18.3 Å². The highest BCUT2D eigenvalue weighted by Crippen LogP contribution is 2.39. The Kier molecular flexibility index (Phi) is 6.09. The lowest BCUT2D eigenvalue weighted by Crippen LogP contribution is -2.64. The van der Waals surface area contributed by atoms with E-state index in [1.807, 2.05) is 32.9 Å². The number of imidazole rings is 1. The van der Waals surface area contributed by atoms with Crippen LogP contribution < -0.4 is 10.6 Å². The Morgan fingerprint density at radius 3 is 2.38 bits per heavy atom. The van der Waals surface area contributed by atoms with Gasteiger partial charge in [-0.15, -0.1) is 0 Å². The average molecular weight is 504 g/mol. The summed E-state index contributed by atoms with van der Waals surface area (Å²) >= 11 is 0. The molecule has 2 aliphatic rings. The highest BCUT2D eigenvalue weighted by atomic mass is 19.1. The summed E-state index contributed by atoms with van der Waals surface area (Å²) in [6, 6.07) is 9.80. The molecule has 2 N–H and O–H groups in total. The van der Waals surface area contributed by atoms with Crippen LogP contribution >= 0.6 is 0 Å². The van der Waals surface area contributed by atoms with Gasteiger partial charge >= 0.3 is 0 Å². The lowest BCUT2D eigenvalue weighted by Gasteiger charge is -2.44. The molecular formula is C28H30FN5O3. The first-order valence-corrected chi connectivity index (χ1v) is 12.4. The molecule has 0 spiro atoms. The van der Waals surface area contributed by atoms with Crippen molar-refractivity contribution in [2.24, 2.45) is 0 Å². The van der Waals surface area contributed by atoms with E-state index >= 15 is 0 Å². The summed E-state index contributed by atoms with van der Waals surface area (Å²) in [4.78, 5) is 46.5. The van der Waals surface area contributed by atoms with Crippen LogP contribution in [0.4, 0.5) is 10.1 Å². The van der Waals surface area contributed by atoms with Gasteiger partial charge < -0.3 is 20.1 Å². The first kappa shape index (κ1) is 24.7. The summed E-state index contributed by atoms with van der Waals surface area (Å²) in [6.07, 6.45) is 3.04. The van der Waals surface area contributed by atoms with Gasteiger partial charge in [-0.05, 0) is 69.4 Å². The molecule has 3 aromatic rings. The Morgan fingerprint density at radius 2 is 1.76 bits per heavy atom. The second-order valence-electron chi connectivity index (χ2n) is 10.3. The van der Waals surface area contributed by atoms with Crippen LogP contribution in [0.15, 0.2) is 42.7 Å². The highest BCUT2D eigenvalue weighted by Gasteiger charge is 2.53. The molecule has 1 saturated carbocycles. The summed E-state index contributed by atoms with van der Waals surface area (Å²) in [7, 11) is 0. The zero-order chi connectivity index (χ0) is 26.5. The van der Waals surface area contributed by atoms with Crippen LogP contribution in [0.1, 0.15) is 63.0 Å². The van der Waals surface area contributed by atoms with Crippen molar-refractivity contribution in [2.75, 3.05) is 5.32 Å². The van der Waals surface area contributed by atoms with E-state index in [1.54, 1.807) is 28.5 Å². The van der Waals surface area contributed by atoms with E-state index in [0.717, 1.165) is 35.1 Å². The Balaban J connectivity index is 1.41. The minimum atomic E-state index is -1.16. The van der Waals surface area contributed by atoms with Crippen molar-refractivity contribution in [3.8, 4) is 0 Å². The van der Waals surface area contributed by atoms with Crippen LogP contribution in [0.5, 0.6) is 0 Å². The van der Waals surface area contributed by atoms with Crippen molar-refractivity contribution in [2.45, 2.75) is 65.2 Å². The van der Waals surface area contributed by atoms with E-state index in [1.165, 1.54) is 18.5 Å². The monoisotopic (exact) mass is 503 g/mol. The summed E-state index contributed by atoms with van der Waals surface area (Å²) in [6.45, 7) is 7.96. The zero-order valence-corrected chi connectivity index (χ0v) is 21.4. The predicted molar refractivity (Wildman–Crippen MR) is 137 cm³/mol. The molecule has 1 unspecified atom stereocenters. The van der Waals surface area contributed by atoms with Crippen LogP contribution in [-0.2, 0) is 17.9 Å². The molecule has 0 saturated heterocycles. The molecule has 9 heteroatoms. The van der Waals surface area contributed by atoms with Crippen molar-refractivity contribution in [3.05, 3.63) is 82.2 Å². The third-order valence-electron chi connectivity index (χ3n) is 7.17. The minimum Gasteiger partial charge on any atom is -0.350 e. The average Bonchev–Trinajstić information content (AvgIpc) is 3.58. The number of nitrogens with zero attached hydrogens (tertiary/aromatic N) is 3. The number of anilines is 1. The number of nitrogens with one attached hydrogen (secondary N) is 2. The van der Waals surface area contributed by atoms with Crippen LogP contribution in [-0.4, -0.2) is 43.8 Å². The number of carbonyl (C=O) groups is 3. The van der Waals surface area contributed by atoms with Gasteiger partial charge in [-0.25, -0.2) is 9.37 Å². The second kappa shape index (κ2) is 9.14. The van der Waals surface area contributed by atoms with Crippen LogP contribution in [0, 0.1) is 26.6 Å². The lowest BCUT2D eigenvalue weighted by atomic mass is 9.93. The van der Waals surface area contributed by atoms with Gasteiger partial charge in [-0.1, -0.05) is 29.8 Å². The molecule has 0 bridgehead atoms. The number of aryl methyl sites for hydroxylation is 3. The van der Waals surface area contributed by atoms with Crippen molar-refractivity contribution in [3.63, 3.8) is 0 Å². The summed E-state index contributed by atoms with van der Waals surface area (Å²) in [5.74, 6) is -1.50. The molecule has 1 fully saturated rings. The summed E-state index contributed by atoms with van der Waals surface area (Å²) in [5.41, 5.74) is 3.47. The van der Waals surface area contributed by atoms with Crippen molar-refractivity contribution < 1.29 is 18.8 Å².